The molecule has 1 aromatic heterocycles. The summed E-state index contributed by atoms with van der Waals surface area (Å²) >= 11 is 0. The average molecular weight is 272 g/mol. The normalized spacial score (nSPS) is 26.8. The molecule has 3 rings (SSSR count). The largest absolute Gasteiger partial charge is 0.368 e. The lowest BCUT2D eigenvalue weighted by atomic mass is 9.78. The standard InChI is InChI=1S/C15H20N4O/c1-17-15(14(16)20)8-4-5-11(9-15)19-10-18-12-6-2-3-7-13(12)19/h2-3,6-7,10-11,17H,4-5,8-9H2,1H3,(H2,16,20). The van der Waals surface area contributed by atoms with Crippen LogP contribution in [0.15, 0.2) is 30.6 Å². The fourth-order valence-corrected chi connectivity index (χ4v) is 3.33. The van der Waals surface area contributed by atoms with Gasteiger partial charge in [-0.15, -0.1) is 0 Å². The Bertz CT molecular complexity index is 636. The molecular formula is C15H20N4O. The van der Waals surface area contributed by atoms with Gasteiger partial charge in [-0.2, -0.15) is 0 Å². The quantitative estimate of drug-likeness (QED) is 0.891. The number of nitrogens with zero attached hydrogens (tertiary/aromatic N) is 2. The number of amides is 1. The molecule has 3 N–H and O–H groups in total. The second-order valence-corrected chi connectivity index (χ2v) is 5.59. The van der Waals surface area contributed by atoms with E-state index in [1.165, 1.54) is 0 Å². The summed E-state index contributed by atoms with van der Waals surface area (Å²) in [6.07, 6.45) is 5.45. The highest BCUT2D eigenvalue weighted by atomic mass is 16.1. The first-order valence-corrected chi connectivity index (χ1v) is 7.07. The first-order chi connectivity index (χ1) is 9.66. The molecule has 5 nitrogen and oxygen atoms in total. The van der Waals surface area contributed by atoms with Gasteiger partial charge in [0.15, 0.2) is 0 Å². The predicted molar refractivity (Wildman–Crippen MR) is 78.2 cm³/mol. The minimum atomic E-state index is -0.589. The second kappa shape index (κ2) is 4.90. The number of aromatic nitrogens is 2. The molecule has 0 bridgehead atoms. The maximum absolute atomic E-state index is 11.8. The minimum Gasteiger partial charge on any atom is -0.368 e. The fraction of sp³-hybridized carbons (Fsp3) is 0.467. The van der Waals surface area contributed by atoms with Gasteiger partial charge in [-0.3, -0.25) is 4.79 Å². The molecule has 0 radical (unpaired) electrons. The van der Waals surface area contributed by atoms with Crippen molar-refractivity contribution in [3.8, 4) is 0 Å². The van der Waals surface area contributed by atoms with Crippen molar-refractivity contribution in [1.82, 2.24) is 14.9 Å². The third-order valence-electron chi connectivity index (χ3n) is 4.55. The smallest absolute Gasteiger partial charge is 0.237 e. The van der Waals surface area contributed by atoms with Crippen LogP contribution in [0.3, 0.4) is 0 Å². The zero-order chi connectivity index (χ0) is 14.2. The Kier molecular flexibility index (Phi) is 3.22. The van der Waals surface area contributed by atoms with E-state index in [0.29, 0.717) is 0 Å². The van der Waals surface area contributed by atoms with Gasteiger partial charge in [0, 0.05) is 6.04 Å². The lowest BCUT2D eigenvalue weighted by Crippen LogP contribution is -2.56. The van der Waals surface area contributed by atoms with Crippen LogP contribution in [-0.4, -0.2) is 28.0 Å². The number of nitrogens with two attached hydrogens (primary N) is 1. The average Bonchev–Trinajstić information content (AvgIpc) is 2.91. The molecule has 1 saturated carbocycles. The Hall–Kier alpha value is -1.88. The molecule has 1 aromatic carbocycles. The molecule has 5 heteroatoms. The Morgan fingerprint density at radius 2 is 2.30 bits per heavy atom. The number of fused-ring (bicyclic) bond motifs is 1. The molecule has 1 amide bonds. The van der Waals surface area contributed by atoms with Crippen molar-refractivity contribution < 1.29 is 4.79 Å². The summed E-state index contributed by atoms with van der Waals surface area (Å²) in [5.74, 6) is -0.255. The van der Waals surface area contributed by atoms with Gasteiger partial charge in [0.1, 0.15) is 0 Å². The van der Waals surface area contributed by atoms with Gasteiger partial charge >= 0.3 is 0 Å². The highest BCUT2D eigenvalue weighted by molar-refractivity contribution is 5.85. The summed E-state index contributed by atoms with van der Waals surface area (Å²) in [7, 11) is 1.82. The van der Waals surface area contributed by atoms with E-state index in [0.717, 1.165) is 36.7 Å². The number of benzene rings is 1. The highest BCUT2D eigenvalue weighted by Gasteiger charge is 2.40. The zero-order valence-corrected chi connectivity index (χ0v) is 11.7. The van der Waals surface area contributed by atoms with Crippen LogP contribution in [0.2, 0.25) is 0 Å². The SMILES string of the molecule is CNC1(C(N)=O)CCCC(n2cnc3ccccc32)C1. The van der Waals surface area contributed by atoms with Crippen molar-refractivity contribution in [2.45, 2.75) is 37.3 Å². The molecule has 1 aliphatic rings. The van der Waals surface area contributed by atoms with Crippen LogP contribution in [-0.2, 0) is 4.79 Å². The fourth-order valence-electron chi connectivity index (χ4n) is 3.33. The lowest BCUT2D eigenvalue weighted by molar-refractivity contribution is -0.126. The molecule has 2 aromatic rings. The molecule has 0 spiro atoms. The number of imidazole rings is 1. The van der Waals surface area contributed by atoms with Crippen molar-refractivity contribution in [3.05, 3.63) is 30.6 Å². The number of para-hydroxylation sites is 2. The molecule has 0 aliphatic heterocycles. The van der Waals surface area contributed by atoms with E-state index in [-0.39, 0.29) is 11.9 Å². The molecule has 1 aliphatic carbocycles. The number of primary amides is 1. The predicted octanol–water partition coefficient (Wildman–Crippen LogP) is 1.59. The molecule has 20 heavy (non-hydrogen) atoms. The number of carbonyl (C=O) groups excluding carboxylic acids is 1. The Morgan fingerprint density at radius 1 is 1.50 bits per heavy atom. The number of hydrogen-bond acceptors (Lipinski definition) is 3. The van der Waals surface area contributed by atoms with Crippen LogP contribution in [0, 0.1) is 0 Å². The second-order valence-electron chi connectivity index (χ2n) is 5.59. The van der Waals surface area contributed by atoms with Crippen LogP contribution in [0.25, 0.3) is 11.0 Å². The van der Waals surface area contributed by atoms with Crippen molar-refractivity contribution >= 4 is 16.9 Å². The van der Waals surface area contributed by atoms with Gasteiger partial charge in [-0.25, -0.2) is 4.98 Å². The van der Waals surface area contributed by atoms with E-state index in [1.54, 1.807) is 0 Å². The Morgan fingerprint density at radius 3 is 3.05 bits per heavy atom. The summed E-state index contributed by atoms with van der Waals surface area (Å²) in [6, 6.07) is 8.34. The maximum Gasteiger partial charge on any atom is 0.237 e. The van der Waals surface area contributed by atoms with Crippen LogP contribution in [0.4, 0.5) is 0 Å². The Labute approximate surface area is 118 Å². The minimum absolute atomic E-state index is 0.255. The summed E-state index contributed by atoms with van der Waals surface area (Å²) in [5.41, 5.74) is 7.14. The topological polar surface area (TPSA) is 72.9 Å². The molecule has 1 heterocycles. The molecule has 1 fully saturated rings. The van der Waals surface area contributed by atoms with Crippen molar-refractivity contribution in [2.75, 3.05) is 7.05 Å². The van der Waals surface area contributed by atoms with Gasteiger partial charge in [-0.1, -0.05) is 12.1 Å². The van der Waals surface area contributed by atoms with E-state index in [2.05, 4.69) is 20.9 Å². The number of nitrogens with one attached hydrogen (secondary N) is 1. The summed E-state index contributed by atoms with van der Waals surface area (Å²) < 4.78 is 2.18. The summed E-state index contributed by atoms with van der Waals surface area (Å²) in [5, 5.41) is 3.15. The number of likely N-dealkylation sites (N-methyl/N-ethyl adjacent to an activating group) is 1. The number of carbonyl (C=O) groups is 1. The molecule has 2 atom stereocenters. The van der Waals surface area contributed by atoms with Gasteiger partial charge < -0.3 is 15.6 Å². The third kappa shape index (κ3) is 1.98. The Balaban J connectivity index is 1.96. The van der Waals surface area contributed by atoms with Gasteiger partial charge in [0.05, 0.1) is 22.9 Å². The first-order valence-electron chi connectivity index (χ1n) is 7.07. The van der Waals surface area contributed by atoms with Crippen LogP contribution >= 0.6 is 0 Å². The number of hydrogen-bond donors (Lipinski definition) is 2. The van der Waals surface area contributed by atoms with Gasteiger partial charge in [-0.05, 0) is 44.9 Å². The van der Waals surface area contributed by atoms with E-state index >= 15 is 0 Å². The van der Waals surface area contributed by atoms with E-state index in [4.69, 9.17) is 5.73 Å². The molecule has 106 valence electrons. The maximum atomic E-state index is 11.8. The molecular weight excluding hydrogens is 252 g/mol. The van der Waals surface area contributed by atoms with Crippen molar-refractivity contribution in [2.24, 2.45) is 5.73 Å². The van der Waals surface area contributed by atoms with E-state index < -0.39 is 5.54 Å². The number of rotatable bonds is 3. The van der Waals surface area contributed by atoms with Gasteiger partial charge in [0.2, 0.25) is 5.91 Å². The zero-order valence-electron chi connectivity index (χ0n) is 11.7. The molecule has 2 unspecified atom stereocenters. The monoisotopic (exact) mass is 272 g/mol. The van der Waals surface area contributed by atoms with Crippen molar-refractivity contribution in [3.63, 3.8) is 0 Å². The summed E-state index contributed by atoms with van der Waals surface area (Å²) in [4.78, 5) is 16.3. The lowest BCUT2D eigenvalue weighted by Gasteiger charge is -2.39. The van der Waals surface area contributed by atoms with Crippen LogP contribution in [0.5, 0.6) is 0 Å². The van der Waals surface area contributed by atoms with Gasteiger partial charge in [0.25, 0.3) is 0 Å². The van der Waals surface area contributed by atoms with E-state index in [9.17, 15) is 4.79 Å². The molecule has 0 saturated heterocycles. The first kappa shape index (κ1) is 13.1. The van der Waals surface area contributed by atoms with Crippen LogP contribution in [0.1, 0.15) is 31.7 Å². The highest BCUT2D eigenvalue weighted by Crippen LogP contribution is 2.36. The third-order valence-corrected chi connectivity index (χ3v) is 4.55. The van der Waals surface area contributed by atoms with Crippen molar-refractivity contribution in [1.29, 1.82) is 0 Å². The van der Waals surface area contributed by atoms with Crippen LogP contribution < -0.4 is 11.1 Å². The summed E-state index contributed by atoms with van der Waals surface area (Å²) in [6.45, 7) is 0. The van der Waals surface area contributed by atoms with E-state index in [1.807, 2.05) is 31.6 Å².